The van der Waals surface area contributed by atoms with Crippen molar-refractivity contribution in [2.75, 3.05) is 24.2 Å². The molecule has 0 fully saturated rings. The first-order valence-corrected chi connectivity index (χ1v) is 13.2. The minimum Gasteiger partial charge on any atom is -0.355 e. The third kappa shape index (κ3) is 6.87. The minimum absolute atomic E-state index is 0.0578. The minimum atomic E-state index is -0.518. The van der Waals surface area contributed by atoms with Crippen LogP contribution in [0.2, 0.25) is 5.02 Å². The lowest BCUT2D eigenvalue weighted by atomic mass is 9.93. The number of nitrogens with one attached hydrogen (secondary N) is 4. The van der Waals surface area contributed by atoms with E-state index in [9.17, 15) is 9.59 Å². The van der Waals surface area contributed by atoms with Crippen molar-refractivity contribution in [3.8, 4) is 0 Å². The molecule has 9 nitrogen and oxygen atoms in total. The van der Waals surface area contributed by atoms with Gasteiger partial charge in [-0.3, -0.25) is 9.59 Å². The number of hydrogen-bond donors (Lipinski definition) is 5. The quantitative estimate of drug-likeness (QED) is 0.192. The highest BCUT2D eigenvalue weighted by Gasteiger charge is 2.18. The molecule has 1 atom stereocenters. The van der Waals surface area contributed by atoms with Crippen molar-refractivity contribution >= 4 is 40.6 Å². The monoisotopic (exact) mass is 523 g/mol. The van der Waals surface area contributed by atoms with Crippen LogP contribution >= 0.6 is 11.6 Å². The first-order chi connectivity index (χ1) is 18.0. The lowest BCUT2D eigenvalue weighted by Gasteiger charge is -2.13. The molecule has 37 heavy (non-hydrogen) atoms. The molecule has 4 rings (SSSR count). The van der Waals surface area contributed by atoms with Crippen LogP contribution in [0.5, 0.6) is 0 Å². The molecule has 1 aliphatic carbocycles. The topological polar surface area (TPSA) is 138 Å². The number of fused-ring (bicyclic) bond motifs is 1. The molecule has 0 saturated heterocycles. The van der Waals surface area contributed by atoms with Gasteiger partial charge < -0.3 is 26.7 Å². The summed E-state index contributed by atoms with van der Waals surface area (Å²) in [5.74, 6) is 0.877. The Bertz CT molecular complexity index is 1290. The van der Waals surface area contributed by atoms with E-state index >= 15 is 0 Å². The first-order valence-electron chi connectivity index (χ1n) is 12.8. The van der Waals surface area contributed by atoms with Crippen LogP contribution in [-0.2, 0) is 12.8 Å². The average Bonchev–Trinajstić information content (AvgIpc) is 3.10. The number of amides is 1. The fourth-order valence-corrected chi connectivity index (χ4v) is 4.93. The van der Waals surface area contributed by atoms with Gasteiger partial charge >= 0.3 is 0 Å². The molecule has 0 saturated carbocycles. The van der Waals surface area contributed by atoms with Gasteiger partial charge in [0, 0.05) is 18.9 Å². The van der Waals surface area contributed by atoms with Gasteiger partial charge in [0.1, 0.15) is 10.6 Å². The summed E-state index contributed by atoms with van der Waals surface area (Å²) in [6, 6.07) is 7.99. The maximum absolute atomic E-state index is 12.2. The number of aromatic nitrogens is 3. The Morgan fingerprint density at radius 1 is 1.14 bits per heavy atom. The number of benzene rings is 1. The number of aromatic amines is 1. The summed E-state index contributed by atoms with van der Waals surface area (Å²) in [4.78, 5) is 35.8. The molecule has 196 valence electrons. The summed E-state index contributed by atoms with van der Waals surface area (Å²) in [7, 11) is 1.46. The molecule has 3 aromatic rings. The van der Waals surface area contributed by atoms with Gasteiger partial charge in [-0.2, -0.15) is 4.98 Å². The second-order valence-corrected chi connectivity index (χ2v) is 9.79. The molecular formula is C27H34ClN7O2. The molecule has 1 aliphatic rings. The highest BCUT2D eigenvalue weighted by molar-refractivity contribution is 6.33. The summed E-state index contributed by atoms with van der Waals surface area (Å²) in [6.07, 6.45) is 12.4. The van der Waals surface area contributed by atoms with E-state index in [1.807, 2.05) is 6.07 Å². The molecule has 1 aromatic carbocycles. The van der Waals surface area contributed by atoms with Gasteiger partial charge in [0.05, 0.1) is 11.9 Å². The number of carbonyl (C=O) groups is 1. The summed E-state index contributed by atoms with van der Waals surface area (Å²) in [5, 5.41) is 9.00. The lowest BCUT2D eigenvalue weighted by Crippen LogP contribution is -2.27. The van der Waals surface area contributed by atoms with E-state index in [4.69, 9.17) is 17.3 Å². The second-order valence-electron chi connectivity index (χ2n) is 9.38. The second kappa shape index (κ2) is 12.7. The van der Waals surface area contributed by atoms with Gasteiger partial charge in [-0.1, -0.05) is 36.9 Å². The summed E-state index contributed by atoms with van der Waals surface area (Å²) in [5.41, 5.74) is 9.01. The highest BCUT2D eigenvalue weighted by Crippen LogP contribution is 2.31. The molecule has 0 radical (unpaired) electrons. The number of unbranched alkanes of at least 4 members (excludes halogenated alkanes) is 2. The summed E-state index contributed by atoms with van der Waals surface area (Å²) in [6.45, 7) is 0.782. The molecule has 0 spiro atoms. The predicted molar refractivity (Wildman–Crippen MR) is 148 cm³/mol. The van der Waals surface area contributed by atoms with E-state index in [-0.39, 0.29) is 22.1 Å². The lowest BCUT2D eigenvalue weighted by molar-refractivity contribution is 0.0962. The fourth-order valence-electron chi connectivity index (χ4n) is 4.79. The number of nitrogens with two attached hydrogens (primary N) is 1. The van der Waals surface area contributed by atoms with Crippen molar-refractivity contribution in [3.63, 3.8) is 0 Å². The highest BCUT2D eigenvalue weighted by atomic mass is 35.5. The van der Waals surface area contributed by atoms with Crippen LogP contribution in [-0.4, -0.2) is 34.5 Å². The number of halogens is 1. The number of carbonyl (C=O) groups excluding carboxylic acids is 1. The number of anilines is 4. The number of H-pyrrole nitrogens is 1. The summed E-state index contributed by atoms with van der Waals surface area (Å²) >= 11 is 6.33. The van der Waals surface area contributed by atoms with Crippen LogP contribution in [0.1, 0.15) is 60.0 Å². The van der Waals surface area contributed by atoms with E-state index in [2.05, 4.69) is 43.0 Å². The Balaban J connectivity index is 1.46. The Hall–Kier alpha value is -3.43. The molecule has 1 amide bonds. The average molecular weight is 524 g/mol. The Kier molecular flexibility index (Phi) is 9.14. The zero-order valence-electron chi connectivity index (χ0n) is 21.1. The van der Waals surface area contributed by atoms with Crippen LogP contribution < -0.4 is 27.2 Å². The van der Waals surface area contributed by atoms with E-state index in [1.54, 1.807) is 6.07 Å². The van der Waals surface area contributed by atoms with Gasteiger partial charge in [-0.15, -0.1) is 0 Å². The Morgan fingerprint density at radius 2 is 1.95 bits per heavy atom. The molecule has 2 aromatic heterocycles. The Labute approximate surface area is 221 Å². The van der Waals surface area contributed by atoms with Crippen LogP contribution in [0.3, 0.4) is 0 Å². The summed E-state index contributed by atoms with van der Waals surface area (Å²) < 4.78 is 0. The van der Waals surface area contributed by atoms with Gasteiger partial charge in [0.15, 0.2) is 5.82 Å². The van der Waals surface area contributed by atoms with E-state index in [0.717, 1.165) is 37.4 Å². The normalized spacial score (nSPS) is 14.9. The number of hydrogen-bond acceptors (Lipinski definition) is 7. The standard InChI is InChI=1S/C27H34ClN7O2/c1-30-25(36)23-22(12-14-31-26(23)37)34-24-21(28)16-32-27(35-24)33-20-11-10-18-8-6-17(5-3-2-4-13-29)7-9-19(18)15-20/h10-12,14-17H,2-9,13,29H2,1H3,(H,30,36)(H3,31,32,33,34,35,37)/t17-/m0/s1. The van der Waals surface area contributed by atoms with Gasteiger partial charge in [0.2, 0.25) is 5.95 Å². The van der Waals surface area contributed by atoms with Crippen LogP contribution in [0.15, 0.2) is 41.5 Å². The number of aryl methyl sites for hydroxylation is 2. The van der Waals surface area contributed by atoms with Crippen molar-refractivity contribution in [3.05, 3.63) is 68.7 Å². The van der Waals surface area contributed by atoms with Crippen molar-refractivity contribution < 1.29 is 4.79 Å². The molecule has 6 N–H and O–H groups in total. The van der Waals surface area contributed by atoms with Crippen molar-refractivity contribution in [2.24, 2.45) is 11.7 Å². The smallest absolute Gasteiger partial charge is 0.262 e. The Morgan fingerprint density at radius 3 is 2.73 bits per heavy atom. The van der Waals surface area contributed by atoms with Crippen molar-refractivity contribution in [2.45, 2.75) is 51.4 Å². The van der Waals surface area contributed by atoms with Crippen LogP contribution in [0, 0.1) is 5.92 Å². The van der Waals surface area contributed by atoms with E-state index in [1.165, 1.54) is 62.7 Å². The maximum atomic E-state index is 12.2. The third-order valence-electron chi connectivity index (χ3n) is 6.83. The number of rotatable bonds is 10. The molecule has 2 heterocycles. The van der Waals surface area contributed by atoms with Crippen molar-refractivity contribution in [1.82, 2.24) is 20.3 Å². The molecular weight excluding hydrogens is 490 g/mol. The van der Waals surface area contributed by atoms with Gasteiger partial charge in [-0.25, -0.2) is 4.98 Å². The van der Waals surface area contributed by atoms with Crippen molar-refractivity contribution in [1.29, 1.82) is 0 Å². The molecule has 0 unspecified atom stereocenters. The maximum Gasteiger partial charge on any atom is 0.262 e. The molecule has 10 heteroatoms. The zero-order valence-corrected chi connectivity index (χ0v) is 21.8. The van der Waals surface area contributed by atoms with Gasteiger partial charge in [-0.05, 0) is 73.9 Å². The molecule has 0 aliphatic heterocycles. The predicted octanol–water partition coefficient (Wildman–Crippen LogP) is 4.68. The fraction of sp³-hybridized carbons (Fsp3) is 0.407. The number of nitrogens with zero attached hydrogens (tertiary/aromatic N) is 2. The van der Waals surface area contributed by atoms with Gasteiger partial charge in [0.25, 0.3) is 11.5 Å². The van der Waals surface area contributed by atoms with Crippen LogP contribution in [0.25, 0.3) is 0 Å². The van der Waals surface area contributed by atoms with Crippen LogP contribution in [0.4, 0.5) is 23.1 Å². The molecule has 0 bridgehead atoms. The largest absolute Gasteiger partial charge is 0.355 e. The third-order valence-corrected chi connectivity index (χ3v) is 7.11. The SMILES string of the molecule is CNC(=O)c1c(Nc2nc(Nc3ccc4c(c3)CC[C@@H](CCCCCN)CC4)ncc2Cl)cc[nH]c1=O. The van der Waals surface area contributed by atoms with E-state index < -0.39 is 11.5 Å². The zero-order chi connectivity index (χ0) is 26.2. The first kappa shape index (κ1) is 26.6. The number of pyridine rings is 1. The van der Waals surface area contributed by atoms with E-state index in [0.29, 0.717) is 5.95 Å².